The molecule has 0 aromatic rings. The molecule has 0 saturated carbocycles. The topological polar surface area (TPSA) is 61.7 Å². The van der Waals surface area contributed by atoms with Gasteiger partial charge in [0, 0.05) is 0 Å². The van der Waals surface area contributed by atoms with Gasteiger partial charge in [-0.25, -0.2) is 0 Å². The van der Waals surface area contributed by atoms with Crippen LogP contribution in [0.5, 0.6) is 0 Å². The van der Waals surface area contributed by atoms with Crippen molar-refractivity contribution in [3.63, 3.8) is 0 Å². The van der Waals surface area contributed by atoms with Crippen LogP contribution in [0.3, 0.4) is 0 Å². The Hall–Kier alpha value is -1.06. The van der Waals surface area contributed by atoms with E-state index < -0.39 is 5.97 Å². The van der Waals surface area contributed by atoms with Gasteiger partial charge in [0.1, 0.15) is 7.11 Å². The molecule has 0 fully saturated rings. The zero-order valence-corrected chi connectivity index (χ0v) is 3.75. The minimum atomic E-state index is -1.36. The molecule has 0 spiro atoms. The van der Waals surface area contributed by atoms with Gasteiger partial charge in [-0.2, -0.15) is 0 Å². The summed E-state index contributed by atoms with van der Waals surface area (Å²) < 4.78 is 0. The maximum absolute atomic E-state index is 9.42. The van der Waals surface area contributed by atoms with Gasteiger partial charge in [0.2, 0.25) is 0 Å². The van der Waals surface area contributed by atoms with Crippen LogP contribution in [-0.2, 0) is 9.63 Å². The molecule has 4 nitrogen and oxygen atoms in total. The summed E-state index contributed by atoms with van der Waals surface area (Å²) in [5.41, 5.74) is 0. The molecular weight excluding hydrogens is 98.0 g/mol. The quantitative estimate of drug-likeness (QED) is 0.310. The summed E-state index contributed by atoms with van der Waals surface area (Å²) >= 11 is 0. The summed E-state index contributed by atoms with van der Waals surface area (Å²) in [5, 5.41) is 12.3. The number of hydrogen-bond acceptors (Lipinski definition) is 4. The van der Waals surface area contributed by atoms with E-state index in [0.717, 1.165) is 0 Å². The number of carbonyl (C=O) groups excluding carboxylic acids is 1. The maximum atomic E-state index is 9.42. The number of carboxylic acid groups (broad SMARTS) is 1. The zero-order valence-electron chi connectivity index (χ0n) is 3.75. The Balaban J connectivity index is 3.26. The molecule has 0 rings (SSSR count). The van der Waals surface area contributed by atoms with E-state index in [4.69, 9.17) is 0 Å². The Kier molecular flexibility index (Phi) is 2.67. The van der Waals surface area contributed by atoms with E-state index in [9.17, 15) is 9.90 Å². The van der Waals surface area contributed by atoms with Crippen LogP contribution in [0, 0.1) is 0 Å². The highest BCUT2D eigenvalue weighted by molar-refractivity contribution is 6.20. The Labute approximate surface area is 40.4 Å². The van der Waals surface area contributed by atoms with Crippen molar-refractivity contribution in [2.24, 2.45) is 5.16 Å². The van der Waals surface area contributed by atoms with Crippen LogP contribution >= 0.6 is 0 Å². The van der Waals surface area contributed by atoms with E-state index in [1.54, 1.807) is 0 Å². The van der Waals surface area contributed by atoms with E-state index in [0.29, 0.717) is 6.21 Å². The second kappa shape index (κ2) is 3.14. The molecule has 0 N–H and O–H groups in total. The molecule has 0 amide bonds. The monoisotopic (exact) mass is 102 g/mol. The summed E-state index contributed by atoms with van der Waals surface area (Å²) in [7, 11) is 1.25. The Morgan fingerprint density at radius 3 is 2.71 bits per heavy atom. The lowest BCUT2D eigenvalue weighted by atomic mass is 10.8. The van der Waals surface area contributed by atoms with Crippen LogP contribution in [0.1, 0.15) is 0 Å². The zero-order chi connectivity index (χ0) is 5.70. The molecule has 0 unspecified atom stereocenters. The highest BCUT2D eigenvalue weighted by Crippen LogP contribution is 1.58. The van der Waals surface area contributed by atoms with Crippen LogP contribution in [0.2, 0.25) is 0 Å². The van der Waals surface area contributed by atoms with Crippen molar-refractivity contribution in [1.82, 2.24) is 0 Å². The predicted octanol–water partition coefficient (Wildman–Crippen LogP) is -1.63. The normalized spacial score (nSPS) is 9.29. The first kappa shape index (κ1) is 5.94. The van der Waals surface area contributed by atoms with Crippen molar-refractivity contribution >= 4 is 12.2 Å². The van der Waals surface area contributed by atoms with Gasteiger partial charge in [-0.3, -0.25) is 0 Å². The highest BCUT2D eigenvalue weighted by atomic mass is 16.6. The third-order valence-corrected chi connectivity index (χ3v) is 0.264. The predicted molar refractivity (Wildman–Crippen MR) is 20.5 cm³/mol. The molecule has 0 saturated heterocycles. The number of hydrogen-bond donors (Lipinski definition) is 0. The van der Waals surface area contributed by atoms with E-state index >= 15 is 0 Å². The lowest BCUT2D eigenvalue weighted by Gasteiger charge is -1.86. The number of carbonyl (C=O) groups is 1. The van der Waals surface area contributed by atoms with Gasteiger partial charge < -0.3 is 14.7 Å². The van der Waals surface area contributed by atoms with Crippen molar-refractivity contribution in [3.8, 4) is 0 Å². The molecule has 0 atom stereocenters. The minimum absolute atomic E-state index is 0.556. The van der Waals surface area contributed by atoms with Crippen LogP contribution in [0.15, 0.2) is 5.16 Å². The van der Waals surface area contributed by atoms with Crippen LogP contribution in [0.25, 0.3) is 0 Å². The molecular formula is C3H4NO3-. The van der Waals surface area contributed by atoms with Gasteiger partial charge in [-0.15, -0.1) is 0 Å². The molecule has 0 aliphatic carbocycles. The third kappa shape index (κ3) is 4.94. The number of carboxylic acids is 1. The molecule has 40 valence electrons. The van der Waals surface area contributed by atoms with Gasteiger partial charge in [0.25, 0.3) is 0 Å². The minimum Gasteiger partial charge on any atom is -0.544 e. The number of oxime groups is 1. The highest BCUT2D eigenvalue weighted by Gasteiger charge is 1.67. The van der Waals surface area contributed by atoms with Crippen molar-refractivity contribution in [1.29, 1.82) is 0 Å². The van der Waals surface area contributed by atoms with Crippen LogP contribution in [0.4, 0.5) is 0 Å². The molecule has 0 aromatic heterocycles. The van der Waals surface area contributed by atoms with Crippen LogP contribution in [-0.4, -0.2) is 19.3 Å². The number of nitrogens with zero attached hydrogens (tertiary/aromatic N) is 1. The van der Waals surface area contributed by atoms with Gasteiger partial charge in [0.05, 0.1) is 12.2 Å². The van der Waals surface area contributed by atoms with E-state index in [-0.39, 0.29) is 0 Å². The Bertz CT molecular complexity index is 88.2. The largest absolute Gasteiger partial charge is 0.544 e. The second-order valence-electron chi connectivity index (χ2n) is 0.736. The van der Waals surface area contributed by atoms with Gasteiger partial charge in [0.15, 0.2) is 0 Å². The maximum Gasteiger partial charge on any atom is 0.106 e. The SMILES string of the molecule is CO/N=C/C(=O)[O-]. The second-order valence-corrected chi connectivity index (χ2v) is 0.736. The smallest absolute Gasteiger partial charge is 0.106 e. The first-order valence-electron chi connectivity index (χ1n) is 1.55. The number of aliphatic carboxylic acids is 1. The molecule has 7 heavy (non-hydrogen) atoms. The molecule has 0 aliphatic rings. The third-order valence-electron chi connectivity index (χ3n) is 0.264. The van der Waals surface area contributed by atoms with Crippen molar-refractivity contribution in [2.45, 2.75) is 0 Å². The van der Waals surface area contributed by atoms with Gasteiger partial charge >= 0.3 is 0 Å². The molecule has 0 radical (unpaired) electrons. The fourth-order valence-electron chi connectivity index (χ4n) is 0.0957. The van der Waals surface area contributed by atoms with Crippen molar-refractivity contribution < 1.29 is 14.7 Å². The van der Waals surface area contributed by atoms with Gasteiger partial charge in [-0.05, 0) is 0 Å². The summed E-state index contributed by atoms with van der Waals surface area (Å²) in [4.78, 5) is 13.4. The molecule has 0 bridgehead atoms. The molecule has 4 heteroatoms. The average Bonchev–Trinajstić information content (AvgIpc) is 1.61. The summed E-state index contributed by atoms with van der Waals surface area (Å²) in [6.45, 7) is 0. The fourth-order valence-corrected chi connectivity index (χ4v) is 0.0957. The van der Waals surface area contributed by atoms with Gasteiger partial charge in [-0.1, -0.05) is 5.16 Å². The first-order chi connectivity index (χ1) is 3.27. The molecule has 0 heterocycles. The average molecular weight is 102 g/mol. The molecule has 0 aromatic carbocycles. The lowest BCUT2D eigenvalue weighted by molar-refractivity contribution is -0.293. The number of rotatable bonds is 2. The summed E-state index contributed by atoms with van der Waals surface area (Å²) in [5.74, 6) is -1.36. The van der Waals surface area contributed by atoms with Crippen molar-refractivity contribution in [3.05, 3.63) is 0 Å². The van der Waals surface area contributed by atoms with Crippen molar-refractivity contribution in [2.75, 3.05) is 7.11 Å². The molecule has 0 aliphatic heterocycles. The first-order valence-corrected chi connectivity index (χ1v) is 1.55. The fraction of sp³-hybridized carbons (Fsp3) is 0.333. The summed E-state index contributed by atoms with van der Waals surface area (Å²) in [6.07, 6.45) is 0.556. The van der Waals surface area contributed by atoms with E-state index in [1.165, 1.54) is 7.11 Å². The van der Waals surface area contributed by atoms with Crippen LogP contribution < -0.4 is 5.11 Å². The summed E-state index contributed by atoms with van der Waals surface area (Å²) in [6, 6.07) is 0. The lowest BCUT2D eigenvalue weighted by Crippen LogP contribution is -2.23. The Morgan fingerprint density at radius 1 is 2.00 bits per heavy atom. The van der Waals surface area contributed by atoms with E-state index in [1.807, 2.05) is 0 Å². The standard InChI is InChI=1S/C3H5NO3/c1-7-4-2-3(5)6/h2H,1H3,(H,5,6)/p-1/b4-2+. The van der Waals surface area contributed by atoms with E-state index in [2.05, 4.69) is 9.99 Å². The Morgan fingerprint density at radius 2 is 2.57 bits per heavy atom.